The molecule has 32 heavy (non-hydrogen) atoms. The van der Waals surface area contributed by atoms with Crippen LogP contribution in [-0.2, 0) is 4.79 Å². The number of carbonyl (C=O) groups is 1. The molecule has 0 bridgehead atoms. The number of aryl methyl sites for hydroxylation is 4. The van der Waals surface area contributed by atoms with E-state index in [1.165, 1.54) is 0 Å². The van der Waals surface area contributed by atoms with E-state index in [1.807, 2.05) is 75.1 Å². The van der Waals surface area contributed by atoms with Crippen molar-refractivity contribution in [2.75, 3.05) is 18.5 Å². The number of hydrogen-bond acceptors (Lipinski definition) is 6. The number of nitrogens with one attached hydrogen (secondary N) is 1. The van der Waals surface area contributed by atoms with Crippen LogP contribution < -0.4 is 10.1 Å². The van der Waals surface area contributed by atoms with Crippen LogP contribution in [0.4, 0.5) is 11.8 Å². The van der Waals surface area contributed by atoms with Gasteiger partial charge in [-0.05, 0) is 69.9 Å². The zero-order valence-corrected chi connectivity index (χ0v) is 19.1. The Balaban J connectivity index is 1.47. The van der Waals surface area contributed by atoms with E-state index in [9.17, 15) is 4.79 Å². The first-order valence-corrected chi connectivity index (χ1v) is 11.0. The minimum atomic E-state index is -0.0639. The third-order valence-corrected chi connectivity index (χ3v) is 5.66. The van der Waals surface area contributed by atoms with Crippen molar-refractivity contribution < 1.29 is 9.53 Å². The lowest BCUT2D eigenvalue weighted by molar-refractivity contribution is -0.134. The number of ether oxygens (including phenoxy) is 1. The predicted octanol–water partition coefficient (Wildman–Crippen LogP) is 4.59. The standard InChI is InChI=1S/C25H29N5O2/c1-16-8-5-9-17(2)24(16)32-15-23(31)30-13-7-11-21(30)20-10-6-12-22(28-20)29-25-26-18(3)14-19(4)27-25/h5-6,8-10,12,14,21H,7,11,13,15H2,1-4H3,(H,26,27,28,29). The Hall–Kier alpha value is -3.48. The molecule has 166 valence electrons. The molecule has 2 aromatic heterocycles. The summed E-state index contributed by atoms with van der Waals surface area (Å²) in [4.78, 5) is 28.5. The average molecular weight is 432 g/mol. The third kappa shape index (κ3) is 4.88. The Kier molecular flexibility index (Phi) is 6.35. The van der Waals surface area contributed by atoms with Gasteiger partial charge in [-0.2, -0.15) is 0 Å². The first kappa shape index (κ1) is 21.7. The minimum absolute atomic E-state index is 0.0204. The number of aromatic nitrogens is 3. The quantitative estimate of drug-likeness (QED) is 0.615. The van der Waals surface area contributed by atoms with Crippen LogP contribution in [0.5, 0.6) is 5.75 Å². The highest BCUT2D eigenvalue weighted by Gasteiger charge is 2.31. The summed E-state index contributed by atoms with van der Waals surface area (Å²) in [7, 11) is 0. The highest BCUT2D eigenvalue weighted by Crippen LogP contribution is 2.32. The van der Waals surface area contributed by atoms with Gasteiger partial charge in [0, 0.05) is 17.9 Å². The van der Waals surface area contributed by atoms with E-state index >= 15 is 0 Å². The molecule has 1 amide bonds. The Morgan fingerprint density at radius 2 is 1.72 bits per heavy atom. The minimum Gasteiger partial charge on any atom is -0.483 e. The number of rotatable bonds is 6. The summed E-state index contributed by atoms with van der Waals surface area (Å²) >= 11 is 0. The maximum Gasteiger partial charge on any atom is 0.261 e. The number of likely N-dealkylation sites (tertiary alicyclic amines) is 1. The summed E-state index contributed by atoms with van der Waals surface area (Å²) in [5, 5.41) is 3.19. The maximum atomic E-state index is 13.0. The van der Waals surface area contributed by atoms with Crippen LogP contribution in [-0.4, -0.2) is 38.9 Å². The normalized spacial score (nSPS) is 15.6. The molecule has 0 spiro atoms. The van der Waals surface area contributed by atoms with Gasteiger partial charge in [0.05, 0.1) is 11.7 Å². The number of amides is 1. The Morgan fingerprint density at radius 3 is 2.44 bits per heavy atom. The topological polar surface area (TPSA) is 80.2 Å². The molecule has 1 aliphatic heterocycles. The monoisotopic (exact) mass is 431 g/mol. The van der Waals surface area contributed by atoms with Crippen LogP contribution in [0.25, 0.3) is 0 Å². The summed E-state index contributed by atoms with van der Waals surface area (Å²) in [6.07, 6.45) is 1.82. The number of carbonyl (C=O) groups excluding carboxylic acids is 1. The van der Waals surface area contributed by atoms with Crippen LogP contribution in [0.2, 0.25) is 0 Å². The van der Waals surface area contributed by atoms with Gasteiger partial charge in [-0.25, -0.2) is 15.0 Å². The molecule has 7 heteroatoms. The fourth-order valence-corrected chi connectivity index (χ4v) is 4.22. The lowest BCUT2D eigenvalue weighted by Crippen LogP contribution is -2.35. The lowest BCUT2D eigenvalue weighted by atomic mass is 10.1. The number of anilines is 2. The van der Waals surface area contributed by atoms with Crippen LogP contribution in [0.15, 0.2) is 42.5 Å². The zero-order valence-electron chi connectivity index (χ0n) is 19.1. The molecule has 0 saturated carbocycles. The van der Waals surface area contributed by atoms with Crippen LogP contribution in [0.3, 0.4) is 0 Å². The van der Waals surface area contributed by atoms with Crippen molar-refractivity contribution in [1.82, 2.24) is 19.9 Å². The van der Waals surface area contributed by atoms with E-state index in [2.05, 4.69) is 15.3 Å². The maximum absolute atomic E-state index is 13.0. The summed E-state index contributed by atoms with van der Waals surface area (Å²) in [5.41, 5.74) is 4.71. The van der Waals surface area contributed by atoms with Crippen molar-refractivity contribution in [3.05, 3.63) is 70.7 Å². The zero-order chi connectivity index (χ0) is 22.7. The molecule has 1 N–H and O–H groups in total. The molecule has 1 unspecified atom stereocenters. The van der Waals surface area contributed by atoms with Crippen molar-refractivity contribution in [1.29, 1.82) is 0 Å². The fraction of sp³-hybridized carbons (Fsp3) is 0.360. The van der Waals surface area contributed by atoms with E-state index in [4.69, 9.17) is 9.72 Å². The van der Waals surface area contributed by atoms with Crippen molar-refractivity contribution >= 4 is 17.7 Å². The predicted molar refractivity (Wildman–Crippen MR) is 124 cm³/mol. The van der Waals surface area contributed by atoms with E-state index in [-0.39, 0.29) is 18.6 Å². The van der Waals surface area contributed by atoms with Crippen molar-refractivity contribution in [3.8, 4) is 5.75 Å². The molecule has 1 aliphatic rings. The molecule has 1 atom stereocenters. The molecule has 3 aromatic rings. The van der Waals surface area contributed by atoms with Gasteiger partial charge in [-0.15, -0.1) is 0 Å². The van der Waals surface area contributed by atoms with Gasteiger partial charge in [0.2, 0.25) is 5.95 Å². The number of benzene rings is 1. The summed E-state index contributed by atoms with van der Waals surface area (Å²) in [6, 6.07) is 13.6. The highest BCUT2D eigenvalue weighted by atomic mass is 16.5. The summed E-state index contributed by atoms with van der Waals surface area (Å²) < 4.78 is 5.91. The Bertz CT molecular complexity index is 1090. The Morgan fingerprint density at radius 1 is 1.03 bits per heavy atom. The van der Waals surface area contributed by atoms with E-state index in [0.717, 1.165) is 46.8 Å². The van der Waals surface area contributed by atoms with Crippen molar-refractivity contribution in [2.24, 2.45) is 0 Å². The molecular weight excluding hydrogens is 402 g/mol. The molecular formula is C25H29N5O2. The highest BCUT2D eigenvalue weighted by molar-refractivity contribution is 5.78. The van der Waals surface area contributed by atoms with Gasteiger partial charge in [-0.1, -0.05) is 24.3 Å². The average Bonchev–Trinajstić information content (AvgIpc) is 3.23. The second kappa shape index (κ2) is 9.34. The van der Waals surface area contributed by atoms with Crippen LogP contribution in [0, 0.1) is 27.7 Å². The number of para-hydroxylation sites is 1. The van der Waals surface area contributed by atoms with Gasteiger partial charge in [-0.3, -0.25) is 4.79 Å². The first-order valence-electron chi connectivity index (χ1n) is 11.0. The molecule has 1 fully saturated rings. The lowest BCUT2D eigenvalue weighted by Gasteiger charge is -2.25. The van der Waals surface area contributed by atoms with Crippen LogP contribution in [0.1, 0.15) is 47.1 Å². The number of nitrogens with zero attached hydrogens (tertiary/aromatic N) is 4. The summed E-state index contributed by atoms with van der Waals surface area (Å²) in [6.45, 7) is 8.59. The second-order valence-electron chi connectivity index (χ2n) is 8.30. The molecule has 7 nitrogen and oxygen atoms in total. The van der Waals surface area contributed by atoms with E-state index in [1.54, 1.807) is 0 Å². The van der Waals surface area contributed by atoms with Crippen molar-refractivity contribution in [3.63, 3.8) is 0 Å². The fourth-order valence-electron chi connectivity index (χ4n) is 4.22. The van der Waals surface area contributed by atoms with Crippen molar-refractivity contribution in [2.45, 2.75) is 46.6 Å². The SMILES string of the molecule is Cc1cc(C)nc(Nc2cccc(C3CCCN3C(=O)COc3c(C)cccc3C)n2)n1. The van der Waals surface area contributed by atoms with Gasteiger partial charge in [0.1, 0.15) is 11.6 Å². The molecule has 3 heterocycles. The molecule has 4 rings (SSSR count). The molecule has 0 aliphatic carbocycles. The largest absolute Gasteiger partial charge is 0.483 e. The van der Waals surface area contributed by atoms with Gasteiger partial charge >= 0.3 is 0 Å². The number of hydrogen-bond donors (Lipinski definition) is 1. The second-order valence-corrected chi connectivity index (χ2v) is 8.30. The van der Waals surface area contributed by atoms with E-state index < -0.39 is 0 Å². The molecule has 0 radical (unpaired) electrons. The van der Waals surface area contributed by atoms with Gasteiger partial charge in [0.25, 0.3) is 5.91 Å². The van der Waals surface area contributed by atoms with E-state index in [0.29, 0.717) is 18.3 Å². The summed E-state index contributed by atoms with van der Waals surface area (Å²) in [5.74, 6) is 1.95. The van der Waals surface area contributed by atoms with Gasteiger partial charge in [0.15, 0.2) is 6.61 Å². The first-order chi connectivity index (χ1) is 15.4. The smallest absolute Gasteiger partial charge is 0.261 e. The van der Waals surface area contributed by atoms with Gasteiger partial charge < -0.3 is 15.0 Å². The van der Waals surface area contributed by atoms with Crippen LogP contribution >= 0.6 is 0 Å². The molecule has 1 saturated heterocycles. The Labute approximate surface area is 188 Å². The molecule has 1 aromatic carbocycles. The number of pyridine rings is 1. The third-order valence-electron chi connectivity index (χ3n) is 5.66.